The summed E-state index contributed by atoms with van der Waals surface area (Å²) >= 11 is 0. The molecule has 3 rings (SSSR count). The van der Waals surface area contributed by atoms with Crippen LogP contribution >= 0.6 is 0 Å². The second kappa shape index (κ2) is 2.98. The van der Waals surface area contributed by atoms with Crippen molar-refractivity contribution in [3.05, 3.63) is 47.5 Å². The molecule has 2 atom stereocenters. The summed E-state index contributed by atoms with van der Waals surface area (Å²) in [7, 11) is 0. The quantitative estimate of drug-likeness (QED) is 0.549. The van der Waals surface area contributed by atoms with Crippen LogP contribution in [0.15, 0.2) is 36.4 Å². The number of benzene rings is 1. The molecule has 0 unspecified atom stereocenters. The molecule has 0 bridgehead atoms. The van der Waals surface area contributed by atoms with E-state index in [0.717, 1.165) is 5.92 Å². The molecule has 1 saturated carbocycles. The van der Waals surface area contributed by atoms with Crippen molar-refractivity contribution in [1.82, 2.24) is 0 Å². The molecule has 1 aromatic rings. The second-order valence-electron chi connectivity index (χ2n) is 5.40. The van der Waals surface area contributed by atoms with Gasteiger partial charge in [-0.25, -0.2) is 0 Å². The van der Waals surface area contributed by atoms with Gasteiger partial charge in [-0.3, -0.25) is 0 Å². The highest BCUT2D eigenvalue weighted by molar-refractivity contribution is 5.44. The van der Waals surface area contributed by atoms with E-state index in [1.165, 1.54) is 31.3 Å². The first kappa shape index (κ1) is 9.21. The van der Waals surface area contributed by atoms with Gasteiger partial charge in [-0.1, -0.05) is 43.3 Å². The molecule has 0 heteroatoms. The van der Waals surface area contributed by atoms with Crippen LogP contribution in [0, 0.1) is 0 Å². The fourth-order valence-electron chi connectivity index (χ4n) is 3.69. The van der Waals surface area contributed by atoms with Crippen LogP contribution in [0.3, 0.4) is 0 Å². The minimum atomic E-state index is 0.465. The van der Waals surface area contributed by atoms with Crippen molar-refractivity contribution in [2.75, 3.05) is 0 Å². The summed E-state index contributed by atoms with van der Waals surface area (Å²) in [6.45, 7) is 6.54. The van der Waals surface area contributed by atoms with E-state index in [-0.39, 0.29) is 0 Å². The zero-order valence-corrected chi connectivity index (χ0v) is 9.42. The maximum atomic E-state index is 4.17. The highest BCUT2D eigenvalue weighted by atomic mass is 14.5. The Kier molecular flexibility index (Phi) is 1.83. The summed E-state index contributed by atoms with van der Waals surface area (Å²) in [5, 5.41) is 0. The van der Waals surface area contributed by atoms with Gasteiger partial charge in [0.1, 0.15) is 0 Å². The monoisotopic (exact) mass is 198 g/mol. The molecule has 1 spiro atoms. The van der Waals surface area contributed by atoms with Gasteiger partial charge in [0.2, 0.25) is 0 Å². The lowest BCUT2D eigenvalue weighted by Crippen LogP contribution is -2.17. The fraction of sp³-hybridized carbons (Fsp3) is 0.467. The van der Waals surface area contributed by atoms with Gasteiger partial charge in [0.15, 0.2) is 0 Å². The Morgan fingerprint density at radius 1 is 1.33 bits per heavy atom. The van der Waals surface area contributed by atoms with E-state index in [0.29, 0.717) is 5.41 Å². The fourth-order valence-corrected chi connectivity index (χ4v) is 3.69. The molecule has 15 heavy (non-hydrogen) atoms. The van der Waals surface area contributed by atoms with Gasteiger partial charge in [0, 0.05) is 5.41 Å². The Morgan fingerprint density at radius 3 is 2.87 bits per heavy atom. The zero-order chi connectivity index (χ0) is 10.5. The van der Waals surface area contributed by atoms with Gasteiger partial charge in [-0.2, -0.15) is 0 Å². The van der Waals surface area contributed by atoms with E-state index in [4.69, 9.17) is 0 Å². The molecular formula is C15H18. The molecule has 0 radical (unpaired) electrons. The van der Waals surface area contributed by atoms with Crippen molar-refractivity contribution < 1.29 is 0 Å². The van der Waals surface area contributed by atoms with E-state index >= 15 is 0 Å². The van der Waals surface area contributed by atoms with Crippen LogP contribution < -0.4 is 0 Å². The number of rotatable bonds is 0. The Hall–Kier alpha value is -1.04. The summed E-state index contributed by atoms with van der Waals surface area (Å²) in [4.78, 5) is 0. The highest BCUT2D eigenvalue weighted by Crippen LogP contribution is 2.55. The molecule has 0 amide bonds. The first-order valence-corrected chi connectivity index (χ1v) is 5.97. The number of fused-ring (bicyclic) bond motifs is 2. The summed E-state index contributed by atoms with van der Waals surface area (Å²) in [6.07, 6.45) is 5.13. The SMILES string of the molecule is C=C1CC[C@]2(C1)C[C@H](C)c1ccccc12. The number of hydrogen-bond donors (Lipinski definition) is 0. The van der Waals surface area contributed by atoms with Crippen molar-refractivity contribution in [1.29, 1.82) is 0 Å². The third kappa shape index (κ3) is 1.20. The average Bonchev–Trinajstić information content (AvgIpc) is 2.72. The molecule has 1 fully saturated rings. The van der Waals surface area contributed by atoms with E-state index < -0.39 is 0 Å². The van der Waals surface area contributed by atoms with Crippen molar-refractivity contribution in [3.8, 4) is 0 Å². The molecular weight excluding hydrogens is 180 g/mol. The molecule has 2 aliphatic rings. The molecule has 0 N–H and O–H groups in total. The Bertz CT molecular complexity index is 416. The van der Waals surface area contributed by atoms with Crippen LogP contribution in [0.2, 0.25) is 0 Å². The standard InChI is InChI=1S/C15H18/c1-11-7-8-15(9-11)10-12(2)13-5-3-4-6-14(13)15/h3-6,12H,1,7-10H2,2H3/t12-,15-/m0/s1. The summed E-state index contributed by atoms with van der Waals surface area (Å²) in [5.74, 6) is 0.743. The van der Waals surface area contributed by atoms with Gasteiger partial charge in [-0.05, 0) is 42.7 Å². The average molecular weight is 198 g/mol. The van der Waals surface area contributed by atoms with Crippen LogP contribution in [0.25, 0.3) is 0 Å². The minimum Gasteiger partial charge on any atom is -0.0998 e. The van der Waals surface area contributed by atoms with E-state index in [2.05, 4.69) is 37.8 Å². The van der Waals surface area contributed by atoms with Gasteiger partial charge in [0.25, 0.3) is 0 Å². The Balaban J connectivity index is 2.12. The van der Waals surface area contributed by atoms with Crippen molar-refractivity contribution in [2.45, 2.75) is 43.9 Å². The van der Waals surface area contributed by atoms with E-state index in [1.807, 2.05) is 0 Å². The van der Waals surface area contributed by atoms with Crippen molar-refractivity contribution in [3.63, 3.8) is 0 Å². The zero-order valence-electron chi connectivity index (χ0n) is 9.42. The van der Waals surface area contributed by atoms with Crippen LogP contribution in [-0.2, 0) is 5.41 Å². The molecule has 0 heterocycles. The first-order chi connectivity index (χ1) is 7.21. The van der Waals surface area contributed by atoms with Crippen molar-refractivity contribution in [2.24, 2.45) is 0 Å². The van der Waals surface area contributed by atoms with E-state index in [1.54, 1.807) is 11.1 Å². The third-order valence-corrected chi connectivity index (χ3v) is 4.31. The minimum absolute atomic E-state index is 0.465. The molecule has 0 aromatic heterocycles. The van der Waals surface area contributed by atoms with Gasteiger partial charge in [0.05, 0.1) is 0 Å². The van der Waals surface area contributed by atoms with Crippen molar-refractivity contribution >= 4 is 0 Å². The molecule has 78 valence electrons. The van der Waals surface area contributed by atoms with Crippen LogP contribution in [-0.4, -0.2) is 0 Å². The van der Waals surface area contributed by atoms with Crippen LogP contribution in [0.4, 0.5) is 0 Å². The van der Waals surface area contributed by atoms with Crippen LogP contribution in [0.1, 0.15) is 49.7 Å². The Labute approximate surface area is 92.0 Å². The number of allylic oxidation sites excluding steroid dienone is 1. The predicted octanol–water partition coefficient (Wildman–Crippen LogP) is 4.17. The molecule has 1 aromatic carbocycles. The summed E-state index contributed by atoms with van der Waals surface area (Å²) in [6, 6.07) is 9.03. The van der Waals surface area contributed by atoms with Gasteiger partial charge in [-0.15, -0.1) is 0 Å². The third-order valence-electron chi connectivity index (χ3n) is 4.31. The summed E-state index contributed by atoms with van der Waals surface area (Å²) in [5.41, 5.74) is 5.13. The highest BCUT2D eigenvalue weighted by Gasteiger charge is 2.44. The van der Waals surface area contributed by atoms with Gasteiger partial charge >= 0.3 is 0 Å². The first-order valence-electron chi connectivity index (χ1n) is 5.97. The molecule has 0 aliphatic heterocycles. The molecule has 2 aliphatic carbocycles. The van der Waals surface area contributed by atoms with Gasteiger partial charge < -0.3 is 0 Å². The maximum Gasteiger partial charge on any atom is 0.000158 e. The predicted molar refractivity (Wildman–Crippen MR) is 64.1 cm³/mol. The largest absolute Gasteiger partial charge is 0.0998 e. The van der Waals surface area contributed by atoms with Crippen LogP contribution in [0.5, 0.6) is 0 Å². The lowest BCUT2D eigenvalue weighted by Gasteiger charge is -2.24. The summed E-state index contributed by atoms with van der Waals surface area (Å²) < 4.78 is 0. The lowest BCUT2D eigenvalue weighted by molar-refractivity contribution is 0.423. The second-order valence-corrected chi connectivity index (χ2v) is 5.40. The topological polar surface area (TPSA) is 0 Å². The molecule has 0 saturated heterocycles. The lowest BCUT2D eigenvalue weighted by atomic mass is 9.80. The normalized spacial score (nSPS) is 33.7. The number of hydrogen-bond acceptors (Lipinski definition) is 0. The smallest absolute Gasteiger partial charge is 0.000158 e. The Morgan fingerprint density at radius 2 is 2.13 bits per heavy atom. The van der Waals surface area contributed by atoms with E-state index in [9.17, 15) is 0 Å². The molecule has 0 nitrogen and oxygen atoms in total. The maximum absolute atomic E-state index is 4.17.